The zero-order chi connectivity index (χ0) is 17.8. The van der Waals surface area contributed by atoms with Gasteiger partial charge in [-0.25, -0.2) is 4.98 Å². The van der Waals surface area contributed by atoms with Crippen LogP contribution in [0.25, 0.3) is 0 Å². The summed E-state index contributed by atoms with van der Waals surface area (Å²) >= 11 is 1.44. The Bertz CT molecular complexity index is 502. The number of rotatable bonds is 12. The minimum atomic E-state index is -0.167. The van der Waals surface area contributed by atoms with Gasteiger partial charge in [-0.15, -0.1) is 11.3 Å². The third-order valence-corrected chi connectivity index (χ3v) is 4.66. The molecule has 1 N–H and O–H groups in total. The van der Waals surface area contributed by atoms with Gasteiger partial charge in [0.25, 0.3) is 0 Å². The Morgan fingerprint density at radius 2 is 1.83 bits per heavy atom. The fourth-order valence-electron chi connectivity index (χ4n) is 2.42. The van der Waals surface area contributed by atoms with Gasteiger partial charge in [0, 0.05) is 24.0 Å². The number of anilines is 1. The number of aromatic nitrogens is 1. The van der Waals surface area contributed by atoms with E-state index in [-0.39, 0.29) is 18.4 Å². The average molecular weight is 354 g/mol. The fraction of sp³-hybridized carbons (Fsp3) is 0.722. The van der Waals surface area contributed by atoms with E-state index < -0.39 is 0 Å². The zero-order valence-corrected chi connectivity index (χ0v) is 16.1. The summed E-state index contributed by atoms with van der Waals surface area (Å²) in [5.41, 5.74) is 0. The van der Waals surface area contributed by atoms with Crippen LogP contribution in [0.1, 0.15) is 70.1 Å². The number of thiazole rings is 1. The molecule has 1 aromatic rings. The summed E-state index contributed by atoms with van der Waals surface area (Å²) in [5.74, 6) is -0.0785. The molecular weight excluding hydrogens is 322 g/mol. The number of carbonyl (C=O) groups is 2. The molecule has 0 bridgehead atoms. The van der Waals surface area contributed by atoms with Gasteiger partial charge in [0.1, 0.15) is 0 Å². The Morgan fingerprint density at radius 3 is 2.46 bits per heavy atom. The van der Waals surface area contributed by atoms with Crippen molar-refractivity contribution in [3.8, 4) is 0 Å². The Balaban J connectivity index is 2.44. The van der Waals surface area contributed by atoms with Crippen LogP contribution in [0, 0.1) is 6.92 Å². The van der Waals surface area contributed by atoms with Gasteiger partial charge in [-0.1, -0.05) is 46.0 Å². The minimum Gasteiger partial charge on any atom is -0.333 e. The van der Waals surface area contributed by atoms with Gasteiger partial charge >= 0.3 is 0 Å². The number of aryl methyl sites for hydroxylation is 1. The number of hydrogen-bond acceptors (Lipinski definition) is 4. The van der Waals surface area contributed by atoms with E-state index in [0.29, 0.717) is 18.1 Å². The molecule has 0 aliphatic rings. The quantitative estimate of drug-likeness (QED) is 0.567. The van der Waals surface area contributed by atoms with Gasteiger partial charge in [-0.05, 0) is 19.8 Å². The highest BCUT2D eigenvalue weighted by molar-refractivity contribution is 7.15. The lowest BCUT2D eigenvalue weighted by Gasteiger charge is -2.22. The SMILES string of the molecule is CCCCCCCC(=O)N(CCCC)CC(=O)Nc1ncc(C)s1. The first kappa shape index (κ1) is 20.6. The molecule has 0 saturated heterocycles. The molecule has 0 unspecified atom stereocenters. The molecule has 0 aliphatic carbocycles. The molecule has 24 heavy (non-hydrogen) atoms. The van der Waals surface area contributed by atoms with Crippen molar-refractivity contribution in [2.45, 2.75) is 72.1 Å². The van der Waals surface area contributed by atoms with E-state index in [2.05, 4.69) is 24.1 Å². The van der Waals surface area contributed by atoms with Gasteiger partial charge in [0.15, 0.2) is 5.13 Å². The topological polar surface area (TPSA) is 62.3 Å². The Hall–Kier alpha value is -1.43. The summed E-state index contributed by atoms with van der Waals surface area (Å²) in [6.45, 7) is 6.98. The van der Waals surface area contributed by atoms with Crippen LogP contribution in [0.2, 0.25) is 0 Å². The molecule has 0 fully saturated rings. The second-order valence-corrected chi connectivity index (χ2v) is 7.39. The van der Waals surface area contributed by atoms with Crippen molar-refractivity contribution in [3.05, 3.63) is 11.1 Å². The Morgan fingerprint density at radius 1 is 1.12 bits per heavy atom. The van der Waals surface area contributed by atoms with Crippen molar-refractivity contribution >= 4 is 28.3 Å². The summed E-state index contributed by atoms with van der Waals surface area (Å²) in [6, 6.07) is 0. The molecule has 5 nitrogen and oxygen atoms in total. The maximum atomic E-state index is 12.4. The van der Waals surface area contributed by atoms with Crippen molar-refractivity contribution in [3.63, 3.8) is 0 Å². The highest BCUT2D eigenvalue weighted by Gasteiger charge is 2.17. The molecule has 0 saturated carbocycles. The smallest absolute Gasteiger partial charge is 0.245 e. The number of nitrogens with one attached hydrogen (secondary N) is 1. The summed E-state index contributed by atoms with van der Waals surface area (Å²) in [4.78, 5) is 31.5. The van der Waals surface area contributed by atoms with Crippen LogP contribution < -0.4 is 5.32 Å². The number of nitrogens with zero attached hydrogens (tertiary/aromatic N) is 2. The highest BCUT2D eigenvalue weighted by atomic mass is 32.1. The summed E-state index contributed by atoms with van der Waals surface area (Å²) < 4.78 is 0. The van der Waals surface area contributed by atoms with Gasteiger partial charge in [0.05, 0.1) is 6.54 Å². The molecule has 0 spiro atoms. The Labute approximate surface area is 149 Å². The van der Waals surface area contributed by atoms with Crippen molar-refractivity contribution in [2.24, 2.45) is 0 Å². The summed E-state index contributed by atoms with van der Waals surface area (Å²) in [5, 5.41) is 3.38. The second-order valence-electron chi connectivity index (χ2n) is 6.16. The molecule has 1 heterocycles. The molecule has 136 valence electrons. The molecular formula is C18H31N3O2S. The minimum absolute atomic E-state index is 0.0883. The molecule has 0 radical (unpaired) electrons. The molecule has 0 aliphatic heterocycles. The number of carbonyl (C=O) groups excluding carboxylic acids is 2. The van der Waals surface area contributed by atoms with Crippen LogP contribution in [0.15, 0.2) is 6.20 Å². The maximum Gasteiger partial charge on any atom is 0.245 e. The molecule has 0 aromatic carbocycles. The molecule has 2 amide bonds. The van der Waals surface area contributed by atoms with Gasteiger partial charge in [0.2, 0.25) is 11.8 Å². The predicted octanol–water partition coefficient (Wildman–Crippen LogP) is 4.38. The maximum absolute atomic E-state index is 12.4. The standard InChI is InChI=1S/C18H31N3O2S/c1-4-6-8-9-10-11-17(23)21(12-7-5-2)14-16(22)20-18-19-13-15(3)24-18/h13H,4-12,14H2,1-3H3,(H,19,20,22). The van der Waals surface area contributed by atoms with E-state index in [9.17, 15) is 9.59 Å². The second kappa shape index (κ2) is 12.0. The van der Waals surface area contributed by atoms with Crippen molar-refractivity contribution in [1.82, 2.24) is 9.88 Å². The first-order valence-corrected chi connectivity index (χ1v) is 9.88. The van der Waals surface area contributed by atoms with E-state index in [1.807, 2.05) is 6.92 Å². The monoisotopic (exact) mass is 353 g/mol. The van der Waals surface area contributed by atoms with Crippen molar-refractivity contribution in [1.29, 1.82) is 0 Å². The number of hydrogen-bond donors (Lipinski definition) is 1. The zero-order valence-electron chi connectivity index (χ0n) is 15.3. The van der Waals surface area contributed by atoms with Crippen LogP contribution in [0.3, 0.4) is 0 Å². The third-order valence-electron chi connectivity index (χ3n) is 3.83. The average Bonchev–Trinajstić information content (AvgIpc) is 2.95. The molecule has 6 heteroatoms. The van der Waals surface area contributed by atoms with Crippen molar-refractivity contribution in [2.75, 3.05) is 18.4 Å². The van der Waals surface area contributed by atoms with Crippen LogP contribution in [0.5, 0.6) is 0 Å². The first-order chi connectivity index (χ1) is 11.6. The van der Waals surface area contributed by atoms with E-state index in [1.165, 1.54) is 30.6 Å². The van der Waals surface area contributed by atoms with E-state index in [0.717, 1.165) is 30.6 Å². The normalized spacial score (nSPS) is 10.6. The van der Waals surface area contributed by atoms with E-state index >= 15 is 0 Å². The third kappa shape index (κ3) is 8.43. The summed E-state index contributed by atoms with van der Waals surface area (Å²) in [6.07, 6.45) is 9.81. The molecule has 1 aromatic heterocycles. The molecule has 0 atom stereocenters. The number of unbranched alkanes of at least 4 members (excludes halogenated alkanes) is 5. The van der Waals surface area contributed by atoms with E-state index in [1.54, 1.807) is 11.1 Å². The summed E-state index contributed by atoms with van der Waals surface area (Å²) in [7, 11) is 0. The van der Waals surface area contributed by atoms with Crippen molar-refractivity contribution < 1.29 is 9.59 Å². The van der Waals surface area contributed by atoms with Crippen LogP contribution in [-0.2, 0) is 9.59 Å². The lowest BCUT2D eigenvalue weighted by atomic mass is 10.1. The lowest BCUT2D eigenvalue weighted by Crippen LogP contribution is -2.38. The number of amides is 2. The van der Waals surface area contributed by atoms with Crippen LogP contribution >= 0.6 is 11.3 Å². The lowest BCUT2D eigenvalue weighted by molar-refractivity contribution is -0.134. The first-order valence-electron chi connectivity index (χ1n) is 9.06. The highest BCUT2D eigenvalue weighted by Crippen LogP contribution is 2.16. The van der Waals surface area contributed by atoms with Crippen LogP contribution in [-0.4, -0.2) is 34.8 Å². The fourth-order valence-corrected chi connectivity index (χ4v) is 3.10. The predicted molar refractivity (Wildman–Crippen MR) is 100 cm³/mol. The molecule has 1 rings (SSSR count). The van der Waals surface area contributed by atoms with E-state index in [4.69, 9.17) is 0 Å². The van der Waals surface area contributed by atoms with Gasteiger partial charge in [-0.2, -0.15) is 0 Å². The Kier molecular flexibility index (Phi) is 10.3. The van der Waals surface area contributed by atoms with Gasteiger partial charge < -0.3 is 10.2 Å². The van der Waals surface area contributed by atoms with Gasteiger partial charge in [-0.3, -0.25) is 9.59 Å². The van der Waals surface area contributed by atoms with Crippen LogP contribution in [0.4, 0.5) is 5.13 Å². The largest absolute Gasteiger partial charge is 0.333 e.